The molecule has 0 radical (unpaired) electrons. The molecule has 1 saturated heterocycles. The number of halogens is 1. The lowest BCUT2D eigenvalue weighted by Crippen LogP contribution is -2.46. The quantitative estimate of drug-likeness (QED) is 0.822. The molecule has 0 amide bonds. The Hall–Kier alpha value is 0.170. The molecule has 2 fully saturated rings. The second kappa shape index (κ2) is 7.49. The van der Waals surface area contributed by atoms with Crippen LogP contribution in [-0.2, 0) is 4.74 Å². The largest absolute Gasteiger partial charge is 0.374 e. The van der Waals surface area contributed by atoms with E-state index in [0.29, 0.717) is 6.54 Å². The van der Waals surface area contributed by atoms with Crippen LogP contribution in [0.2, 0.25) is 0 Å². The lowest BCUT2D eigenvalue weighted by molar-refractivity contribution is -0.0244. The normalized spacial score (nSPS) is 27.9. The van der Waals surface area contributed by atoms with E-state index < -0.39 is 0 Å². The Labute approximate surface area is 105 Å². The van der Waals surface area contributed by atoms with Crippen LogP contribution < -0.4 is 5.73 Å². The summed E-state index contributed by atoms with van der Waals surface area (Å²) in [7, 11) is 0. The van der Waals surface area contributed by atoms with Gasteiger partial charge in [-0.05, 0) is 18.9 Å². The predicted octanol–water partition coefficient (Wildman–Crippen LogP) is 1.65. The third-order valence-corrected chi connectivity index (χ3v) is 3.81. The van der Waals surface area contributed by atoms with Crippen LogP contribution in [0.3, 0.4) is 0 Å². The van der Waals surface area contributed by atoms with Crippen LogP contribution in [-0.4, -0.2) is 43.8 Å². The summed E-state index contributed by atoms with van der Waals surface area (Å²) in [6.07, 6.45) is 7.51. The Morgan fingerprint density at radius 2 is 2.00 bits per heavy atom. The van der Waals surface area contributed by atoms with Crippen molar-refractivity contribution in [2.75, 3.05) is 32.8 Å². The van der Waals surface area contributed by atoms with E-state index in [4.69, 9.17) is 10.5 Å². The number of hydrogen-bond donors (Lipinski definition) is 1. The molecule has 4 heteroatoms. The van der Waals surface area contributed by atoms with Crippen molar-refractivity contribution in [3.05, 3.63) is 0 Å². The van der Waals surface area contributed by atoms with Crippen molar-refractivity contribution in [3.8, 4) is 0 Å². The molecular formula is C12H25ClN2O. The topological polar surface area (TPSA) is 38.5 Å². The van der Waals surface area contributed by atoms with Crippen LogP contribution in [0.25, 0.3) is 0 Å². The van der Waals surface area contributed by atoms with E-state index in [0.717, 1.165) is 25.6 Å². The van der Waals surface area contributed by atoms with E-state index >= 15 is 0 Å². The van der Waals surface area contributed by atoms with Gasteiger partial charge in [-0.1, -0.05) is 25.7 Å². The highest BCUT2D eigenvalue weighted by Crippen LogP contribution is 2.27. The number of nitrogens with zero attached hydrogens (tertiary/aromatic N) is 1. The van der Waals surface area contributed by atoms with Crippen LogP contribution in [0.4, 0.5) is 0 Å². The lowest BCUT2D eigenvalue weighted by atomic mass is 10.0. The van der Waals surface area contributed by atoms with Crippen LogP contribution in [0.1, 0.15) is 32.1 Å². The molecule has 1 unspecified atom stereocenters. The van der Waals surface area contributed by atoms with Crippen LogP contribution in [0, 0.1) is 5.92 Å². The summed E-state index contributed by atoms with van der Waals surface area (Å²) in [6, 6.07) is 0. The predicted molar refractivity (Wildman–Crippen MR) is 69.1 cm³/mol. The van der Waals surface area contributed by atoms with E-state index in [-0.39, 0.29) is 18.5 Å². The van der Waals surface area contributed by atoms with E-state index in [9.17, 15) is 0 Å². The monoisotopic (exact) mass is 248 g/mol. The molecule has 1 aliphatic heterocycles. The van der Waals surface area contributed by atoms with Crippen molar-refractivity contribution in [1.82, 2.24) is 4.90 Å². The van der Waals surface area contributed by atoms with E-state index in [1.807, 2.05) is 0 Å². The number of rotatable bonds is 4. The molecule has 1 saturated carbocycles. The highest BCUT2D eigenvalue weighted by molar-refractivity contribution is 5.85. The standard InChI is InChI=1S/C12H24N2O.ClH/c13-9-12-10-14(7-8-15-12)6-5-11-3-1-2-4-11;/h11-12H,1-10,13H2;1H. The summed E-state index contributed by atoms with van der Waals surface area (Å²) in [5.41, 5.74) is 5.63. The molecule has 3 nitrogen and oxygen atoms in total. The molecule has 0 bridgehead atoms. The minimum atomic E-state index is 0. The van der Waals surface area contributed by atoms with Gasteiger partial charge >= 0.3 is 0 Å². The van der Waals surface area contributed by atoms with Crippen molar-refractivity contribution in [2.45, 2.75) is 38.2 Å². The number of nitrogens with two attached hydrogens (primary N) is 1. The fourth-order valence-electron chi connectivity index (χ4n) is 2.79. The molecule has 1 heterocycles. The Balaban J connectivity index is 0.00000128. The highest BCUT2D eigenvalue weighted by Gasteiger charge is 2.21. The lowest BCUT2D eigenvalue weighted by Gasteiger charge is -2.32. The highest BCUT2D eigenvalue weighted by atomic mass is 35.5. The molecule has 0 aromatic rings. The van der Waals surface area contributed by atoms with Gasteiger partial charge in [0.2, 0.25) is 0 Å². The van der Waals surface area contributed by atoms with Gasteiger partial charge in [-0.2, -0.15) is 0 Å². The third-order valence-electron chi connectivity index (χ3n) is 3.81. The first-order valence-corrected chi connectivity index (χ1v) is 6.42. The van der Waals surface area contributed by atoms with Crippen molar-refractivity contribution >= 4 is 12.4 Å². The molecule has 0 aromatic heterocycles. The summed E-state index contributed by atoms with van der Waals surface area (Å²) >= 11 is 0. The van der Waals surface area contributed by atoms with Crippen molar-refractivity contribution in [3.63, 3.8) is 0 Å². The second-order valence-corrected chi connectivity index (χ2v) is 4.97. The van der Waals surface area contributed by atoms with E-state index in [2.05, 4.69) is 4.90 Å². The summed E-state index contributed by atoms with van der Waals surface area (Å²) in [6.45, 7) is 4.93. The van der Waals surface area contributed by atoms with Crippen LogP contribution in [0.15, 0.2) is 0 Å². The van der Waals surface area contributed by atoms with Gasteiger partial charge in [-0.3, -0.25) is 4.90 Å². The van der Waals surface area contributed by atoms with Crippen LogP contribution in [0.5, 0.6) is 0 Å². The minimum absolute atomic E-state index is 0. The molecule has 1 aliphatic carbocycles. The van der Waals surface area contributed by atoms with Gasteiger partial charge in [-0.25, -0.2) is 0 Å². The molecule has 0 aromatic carbocycles. The first-order chi connectivity index (χ1) is 7.38. The zero-order chi connectivity index (χ0) is 10.5. The molecule has 1 atom stereocenters. The maximum atomic E-state index is 5.63. The Morgan fingerprint density at radius 3 is 2.69 bits per heavy atom. The number of morpholine rings is 1. The summed E-state index contributed by atoms with van der Waals surface area (Å²) in [5, 5.41) is 0. The van der Waals surface area contributed by atoms with E-state index in [1.54, 1.807) is 0 Å². The number of hydrogen-bond acceptors (Lipinski definition) is 3. The first kappa shape index (κ1) is 14.2. The SMILES string of the molecule is Cl.NCC1CN(CCC2CCCC2)CCO1. The smallest absolute Gasteiger partial charge is 0.0824 e. The third kappa shape index (κ3) is 4.21. The second-order valence-electron chi connectivity index (χ2n) is 4.97. The van der Waals surface area contributed by atoms with Gasteiger partial charge in [0, 0.05) is 19.6 Å². The molecule has 96 valence electrons. The summed E-state index contributed by atoms with van der Waals surface area (Å²) in [4.78, 5) is 2.53. The van der Waals surface area contributed by atoms with Gasteiger partial charge in [0.1, 0.15) is 0 Å². The van der Waals surface area contributed by atoms with Crippen molar-refractivity contribution in [1.29, 1.82) is 0 Å². The van der Waals surface area contributed by atoms with Crippen molar-refractivity contribution < 1.29 is 4.74 Å². The Morgan fingerprint density at radius 1 is 1.25 bits per heavy atom. The van der Waals surface area contributed by atoms with Gasteiger partial charge in [0.15, 0.2) is 0 Å². The fraction of sp³-hybridized carbons (Fsp3) is 1.00. The molecular weight excluding hydrogens is 224 g/mol. The molecule has 16 heavy (non-hydrogen) atoms. The van der Waals surface area contributed by atoms with Crippen molar-refractivity contribution in [2.24, 2.45) is 11.7 Å². The first-order valence-electron chi connectivity index (χ1n) is 6.42. The Kier molecular flexibility index (Phi) is 6.66. The zero-order valence-corrected chi connectivity index (χ0v) is 10.9. The fourth-order valence-corrected chi connectivity index (χ4v) is 2.79. The summed E-state index contributed by atoms with van der Waals surface area (Å²) < 4.78 is 5.56. The average molecular weight is 249 g/mol. The Bertz CT molecular complexity index is 186. The van der Waals surface area contributed by atoms with Crippen LogP contribution >= 0.6 is 12.4 Å². The summed E-state index contributed by atoms with van der Waals surface area (Å²) in [5.74, 6) is 1.00. The zero-order valence-electron chi connectivity index (χ0n) is 10.1. The molecule has 2 aliphatic rings. The van der Waals surface area contributed by atoms with E-state index in [1.165, 1.54) is 38.6 Å². The minimum Gasteiger partial charge on any atom is -0.374 e. The van der Waals surface area contributed by atoms with Gasteiger partial charge in [0.05, 0.1) is 12.7 Å². The van der Waals surface area contributed by atoms with Gasteiger partial charge < -0.3 is 10.5 Å². The molecule has 2 N–H and O–H groups in total. The molecule has 0 spiro atoms. The average Bonchev–Trinajstić information content (AvgIpc) is 2.79. The molecule has 2 rings (SSSR count). The maximum Gasteiger partial charge on any atom is 0.0824 e. The maximum absolute atomic E-state index is 5.63. The van der Waals surface area contributed by atoms with Gasteiger partial charge in [-0.15, -0.1) is 12.4 Å². The van der Waals surface area contributed by atoms with Gasteiger partial charge in [0.25, 0.3) is 0 Å². The number of ether oxygens (including phenoxy) is 1.